The topological polar surface area (TPSA) is 91.0 Å². The molecule has 3 aromatic rings. The van der Waals surface area contributed by atoms with Crippen molar-refractivity contribution < 1.29 is 27.5 Å². The molecule has 1 heterocycles. The molecule has 4 rings (SSSR count). The van der Waals surface area contributed by atoms with Crippen LogP contribution in [0.3, 0.4) is 0 Å². The van der Waals surface area contributed by atoms with Crippen molar-refractivity contribution in [1.29, 1.82) is 0 Å². The Morgan fingerprint density at radius 2 is 1.82 bits per heavy atom. The number of carbonyl (C=O) groups is 2. The number of cyclic esters (lactones) is 1. The number of nitrogens with one attached hydrogen (secondary N) is 2. The van der Waals surface area contributed by atoms with Crippen LogP contribution in [0.1, 0.15) is 10.4 Å². The molecule has 202 valence electrons. The fraction of sp³-hybridized carbons (Fsp3) is 0.185. The number of rotatable bonds is 8. The van der Waals surface area contributed by atoms with E-state index in [1.165, 1.54) is 41.3 Å². The summed E-state index contributed by atoms with van der Waals surface area (Å²) < 4.78 is 45.2. The van der Waals surface area contributed by atoms with E-state index in [4.69, 9.17) is 4.74 Å². The van der Waals surface area contributed by atoms with Crippen LogP contribution < -0.4 is 25.9 Å². The van der Waals surface area contributed by atoms with Gasteiger partial charge < -0.3 is 20.3 Å². The Morgan fingerprint density at radius 1 is 1.08 bits per heavy atom. The van der Waals surface area contributed by atoms with Crippen molar-refractivity contribution in [2.45, 2.75) is 12.5 Å². The van der Waals surface area contributed by atoms with Gasteiger partial charge in [0.15, 0.2) is 0 Å². The minimum Gasteiger partial charge on any atom is -0.442 e. The molecule has 1 aliphatic heterocycles. The first kappa shape index (κ1) is 27.6. The molecule has 1 atom stereocenters. The van der Waals surface area contributed by atoms with Crippen LogP contribution in [-0.2, 0) is 4.74 Å². The summed E-state index contributed by atoms with van der Waals surface area (Å²) in [6.07, 6.45) is -4.36. The van der Waals surface area contributed by atoms with Crippen molar-refractivity contribution in [2.24, 2.45) is 0 Å². The van der Waals surface area contributed by atoms with E-state index in [2.05, 4.69) is 22.9 Å². The summed E-state index contributed by atoms with van der Waals surface area (Å²) in [5.74, 6) is -1.15. The average molecular weight is 557 g/mol. The maximum absolute atomic E-state index is 15.0. The van der Waals surface area contributed by atoms with Gasteiger partial charge in [-0.05, 0) is 42.5 Å². The molecule has 0 spiro atoms. The molecule has 0 unspecified atom stereocenters. The lowest BCUT2D eigenvalue weighted by molar-refractivity contribution is 0.0993. The molecule has 0 saturated carbocycles. The Balaban J connectivity index is 1.46. The van der Waals surface area contributed by atoms with Gasteiger partial charge in [0.05, 0.1) is 30.2 Å². The molecule has 1 saturated heterocycles. The van der Waals surface area contributed by atoms with Crippen LogP contribution in [0.15, 0.2) is 77.6 Å². The van der Waals surface area contributed by atoms with E-state index >= 15 is 0 Å². The summed E-state index contributed by atoms with van der Waals surface area (Å²) in [6.45, 7) is -0.117. The molecule has 2 amide bonds. The maximum atomic E-state index is 15.0. The van der Waals surface area contributed by atoms with Gasteiger partial charge in [-0.15, -0.1) is 0 Å². The summed E-state index contributed by atoms with van der Waals surface area (Å²) in [6, 6.07) is 18.4. The molecular weight excluding hydrogens is 533 g/mol. The van der Waals surface area contributed by atoms with E-state index in [-0.39, 0.29) is 35.7 Å². The standard InChI is InChI=1S/C27H23F3N4O4S/c1-33(17-7-3-2-4-8-17)26(36)16-6-5-9-22(23(35)12-16)32-21-11-10-18(13-20(21)28)34-15-19(38-27(34)37)14-31-25(39)24(29)30/h2-13,19,24H,14-15H2,1H3,(H,31,39)(H,32,35)/t19-/m0/s1. The third-order valence-electron chi connectivity index (χ3n) is 5.90. The van der Waals surface area contributed by atoms with Crippen LogP contribution in [0.2, 0.25) is 0 Å². The highest BCUT2D eigenvalue weighted by molar-refractivity contribution is 7.80. The smallest absolute Gasteiger partial charge is 0.414 e. The summed E-state index contributed by atoms with van der Waals surface area (Å²) in [5.41, 5.74) is 0.451. The number of alkyl halides is 2. The van der Waals surface area contributed by atoms with Gasteiger partial charge in [-0.25, -0.2) is 18.0 Å². The van der Waals surface area contributed by atoms with Gasteiger partial charge in [0.2, 0.25) is 5.43 Å². The predicted molar refractivity (Wildman–Crippen MR) is 146 cm³/mol. The number of para-hydroxylation sites is 1. The molecule has 0 aliphatic carbocycles. The Labute approximate surface area is 227 Å². The van der Waals surface area contributed by atoms with E-state index in [9.17, 15) is 27.6 Å². The molecule has 39 heavy (non-hydrogen) atoms. The Kier molecular flexibility index (Phi) is 8.45. The van der Waals surface area contributed by atoms with E-state index in [1.807, 2.05) is 6.07 Å². The van der Waals surface area contributed by atoms with Crippen molar-refractivity contribution in [2.75, 3.05) is 35.3 Å². The number of anilines is 4. The van der Waals surface area contributed by atoms with Gasteiger partial charge in [0, 0.05) is 24.4 Å². The Hall–Kier alpha value is -4.45. The zero-order chi connectivity index (χ0) is 28.1. The fourth-order valence-corrected chi connectivity index (χ4v) is 3.93. The van der Waals surface area contributed by atoms with Gasteiger partial charge in [-0.2, -0.15) is 0 Å². The zero-order valence-electron chi connectivity index (χ0n) is 20.6. The first-order chi connectivity index (χ1) is 18.6. The van der Waals surface area contributed by atoms with Crippen LogP contribution in [-0.4, -0.2) is 49.7 Å². The first-order valence-electron chi connectivity index (χ1n) is 11.7. The fourth-order valence-electron chi connectivity index (χ4n) is 3.84. The van der Waals surface area contributed by atoms with Crippen molar-refractivity contribution in [3.05, 3.63) is 94.4 Å². The molecule has 2 N–H and O–H groups in total. The lowest BCUT2D eigenvalue weighted by Crippen LogP contribution is -2.36. The molecule has 0 aromatic heterocycles. The monoisotopic (exact) mass is 556 g/mol. The summed E-state index contributed by atoms with van der Waals surface area (Å²) in [7, 11) is 1.60. The highest BCUT2D eigenvalue weighted by Gasteiger charge is 2.33. The highest BCUT2D eigenvalue weighted by atomic mass is 32.1. The molecule has 1 fully saturated rings. The third-order valence-corrected chi connectivity index (χ3v) is 6.22. The number of benzene rings is 2. The second-order valence-corrected chi connectivity index (χ2v) is 8.99. The lowest BCUT2D eigenvalue weighted by atomic mass is 10.2. The second-order valence-electron chi connectivity index (χ2n) is 8.55. The van der Waals surface area contributed by atoms with Crippen LogP contribution in [0.25, 0.3) is 0 Å². The molecule has 0 bridgehead atoms. The Morgan fingerprint density at radius 3 is 2.51 bits per heavy atom. The number of nitrogens with zero attached hydrogens (tertiary/aromatic N) is 2. The van der Waals surface area contributed by atoms with Crippen LogP contribution in [0, 0.1) is 5.82 Å². The van der Waals surface area contributed by atoms with Gasteiger partial charge in [-0.3, -0.25) is 14.5 Å². The molecule has 1 aliphatic rings. The minimum absolute atomic E-state index is 0.00262. The van der Waals surface area contributed by atoms with E-state index in [1.54, 1.807) is 31.3 Å². The predicted octanol–water partition coefficient (Wildman–Crippen LogP) is 4.71. The summed E-state index contributed by atoms with van der Waals surface area (Å²) >= 11 is 4.50. The minimum atomic E-state index is -2.83. The summed E-state index contributed by atoms with van der Waals surface area (Å²) in [5, 5.41) is 5.06. The summed E-state index contributed by atoms with van der Waals surface area (Å²) in [4.78, 5) is 39.9. The molecular formula is C27H23F3N4O4S. The van der Waals surface area contributed by atoms with Crippen LogP contribution >= 0.6 is 12.2 Å². The SMILES string of the molecule is CN(C(=O)c1cccc(Nc2ccc(N3C[C@H](CNC(=S)C(F)F)OC3=O)cc2F)c(=O)c1)c1ccccc1. The molecule has 8 nitrogen and oxygen atoms in total. The van der Waals surface area contributed by atoms with Crippen molar-refractivity contribution in [3.63, 3.8) is 0 Å². The van der Waals surface area contributed by atoms with E-state index in [0.29, 0.717) is 5.69 Å². The largest absolute Gasteiger partial charge is 0.442 e. The second kappa shape index (κ2) is 11.9. The normalized spacial score (nSPS) is 14.6. The number of amides is 2. The number of hydrogen-bond acceptors (Lipinski definition) is 6. The maximum Gasteiger partial charge on any atom is 0.414 e. The van der Waals surface area contributed by atoms with E-state index in [0.717, 1.165) is 11.0 Å². The molecule has 0 radical (unpaired) electrons. The van der Waals surface area contributed by atoms with Gasteiger partial charge in [0.1, 0.15) is 16.9 Å². The highest BCUT2D eigenvalue weighted by Crippen LogP contribution is 2.27. The molecule has 12 heteroatoms. The van der Waals surface area contributed by atoms with Gasteiger partial charge in [0.25, 0.3) is 12.3 Å². The third kappa shape index (κ3) is 6.52. The number of thiocarbonyl (C=S) groups is 1. The van der Waals surface area contributed by atoms with Crippen molar-refractivity contribution in [1.82, 2.24) is 5.32 Å². The quantitative estimate of drug-likeness (QED) is 0.389. The van der Waals surface area contributed by atoms with Crippen molar-refractivity contribution in [3.8, 4) is 0 Å². The zero-order valence-corrected chi connectivity index (χ0v) is 21.4. The number of halogens is 3. The first-order valence-corrected chi connectivity index (χ1v) is 12.1. The number of ether oxygens (including phenoxy) is 1. The Bertz CT molecular complexity index is 1460. The van der Waals surface area contributed by atoms with Gasteiger partial charge in [-0.1, -0.05) is 36.5 Å². The number of hydrogen-bond donors (Lipinski definition) is 2. The van der Waals surface area contributed by atoms with Crippen molar-refractivity contribution >= 4 is 52.0 Å². The molecule has 3 aromatic carbocycles. The lowest BCUT2D eigenvalue weighted by Gasteiger charge is -2.16. The number of carbonyl (C=O) groups excluding carboxylic acids is 2. The van der Waals surface area contributed by atoms with Crippen LogP contribution in [0.5, 0.6) is 0 Å². The van der Waals surface area contributed by atoms with E-state index < -0.39 is 40.8 Å². The van der Waals surface area contributed by atoms with Crippen LogP contribution in [0.4, 0.5) is 40.7 Å². The average Bonchev–Trinajstić information content (AvgIpc) is 3.20. The van der Waals surface area contributed by atoms with Gasteiger partial charge >= 0.3 is 6.09 Å².